The Hall–Kier alpha value is -0.460. The minimum atomic E-state index is 1.16. The number of hydrogen-bond donors (Lipinski definition) is 0. The summed E-state index contributed by atoms with van der Waals surface area (Å²) in [5.74, 6) is 0. The Morgan fingerprint density at radius 2 is 2.33 bits per heavy atom. The molecule has 0 saturated carbocycles. The first-order valence-corrected chi connectivity index (χ1v) is 3.84. The van der Waals surface area contributed by atoms with Crippen LogP contribution >= 0.6 is 0 Å². The van der Waals surface area contributed by atoms with Crippen molar-refractivity contribution in [3.05, 3.63) is 12.3 Å². The SMILES string of the molecule is CCN1C=CCCCC1. The van der Waals surface area contributed by atoms with E-state index in [1.807, 2.05) is 0 Å². The molecule has 0 aromatic heterocycles. The zero-order valence-corrected chi connectivity index (χ0v) is 6.14. The zero-order chi connectivity index (χ0) is 6.53. The van der Waals surface area contributed by atoms with E-state index in [0.29, 0.717) is 0 Å². The van der Waals surface area contributed by atoms with Crippen LogP contribution in [0.25, 0.3) is 0 Å². The van der Waals surface area contributed by atoms with Crippen molar-refractivity contribution in [2.45, 2.75) is 26.2 Å². The molecule has 0 saturated heterocycles. The molecule has 1 rings (SSSR count). The molecule has 0 N–H and O–H groups in total. The fraction of sp³-hybridized carbons (Fsp3) is 0.750. The van der Waals surface area contributed by atoms with Gasteiger partial charge in [0.1, 0.15) is 0 Å². The molecule has 0 spiro atoms. The van der Waals surface area contributed by atoms with E-state index in [4.69, 9.17) is 0 Å². The number of hydrogen-bond acceptors (Lipinski definition) is 1. The highest BCUT2D eigenvalue weighted by molar-refractivity contribution is 4.84. The van der Waals surface area contributed by atoms with Crippen LogP contribution in [0.3, 0.4) is 0 Å². The molecular weight excluding hydrogens is 110 g/mol. The lowest BCUT2D eigenvalue weighted by atomic mass is 10.2. The van der Waals surface area contributed by atoms with Crippen LogP contribution < -0.4 is 0 Å². The summed E-state index contributed by atoms with van der Waals surface area (Å²) >= 11 is 0. The molecule has 0 aliphatic carbocycles. The summed E-state index contributed by atoms with van der Waals surface area (Å²) < 4.78 is 0. The first-order valence-electron chi connectivity index (χ1n) is 3.84. The Kier molecular flexibility index (Phi) is 2.62. The predicted molar refractivity (Wildman–Crippen MR) is 40.2 cm³/mol. The van der Waals surface area contributed by atoms with E-state index in [-0.39, 0.29) is 0 Å². The van der Waals surface area contributed by atoms with E-state index in [2.05, 4.69) is 24.1 Å². The molecule has 1 aliphatic rings. The van der Waals surface area contributed by atoms with Gasteiger partial charge in [-0.3, -0.25) is 0 Å². The molecule has 0 aromatic rings. The van der Waals surface area contributed by atoms with Crippen molar-refractivity contribution in [2.24, 2.45) is 0 Å². The van der Waals surface area contributed by atoms with E-state index in [9.17, 15) is 0 Å². The topological polar surface area (TPSA) is 3.24 Å². The van der Waals surface area contributed by atoms with E-state index in [0.717, 1.165) is 6.54 Å². The molecule has 52 valence electrons. The summed E-state index contributed by atoms with van der Waals surface area (Å²) in [6.45, 7) is 4.62. The highest BCUT2D eigenvalue weighted by Gasteiger charge is 1.97. The molecule has 1 nitrogen and oxygen atoms in total. The average molecular weight is 125 g/mol. The minimum Gasteiger partial charge on any atom is -0.378 e. The molecule has 9 heavy (non-hydrogen) atoms. The lowest BCUT2D eigenvalue weighted by Crippen LogP contribution is -2.16. The second kappa shape index (κ2) is 3.54. The van der Waals surface area contributed by atoms with Crippen LogP contribution in [-0.2, 0) is 0 Å². The van der Waals surface area contributed by atoms with Crippen LogP contribution in [0, 0.1) is 0 Å². The minimum absolute atomic E-state index is 1.16. The van der Waals surface area contributed by atoms with Crippen LogP contribution in [0.4, 0.5) is 0 Å². The first-order chi connectivity index (χ1) is 4.43. The van der Waals surface area contributed by atoms with Gasteiger partial charge in [0.2, 0.25) is 0 Å². The standard InChI is InChI=1S/C8H15N/c1-2-9-7-5-3-4-6-8-9/h5,7H,2-4,6,8H2,1H3. The van der Waals surface area contributed by atoms with Crippen molar-refractivity contribution in [3.8, 4) is 0 Å². The van der Waals surface area contributed by atoms with Crippen molar-refractivity contribution in [1.29, 1.82) is 0 Å². The van der Waals surface area contributed by atoms with Gasteiger partial charge in [-0.25, -0.2) is 0 Å². The Labute approximate surface area is 57.4 Å². The smallest absolute Gasteiger partial charge is 0.0172 e. The third-order valence-electron chi connectivity index (χ3n) is 1.79. The van der Waals surface area contributed by atoms with Crippen molar-refractivity contribution in [1.82, 2.24) is 4.90 Å². The molecule has 1 heterocycles. The summed E-state index contributed by atoms with van der Waals surface area (Å²) in [6, 6.07) is 0. The van der Waals surface area contributed by atoms with Gasteiger partial charge in [0, 0.05) is 13.1 Å². The maximum Gasteiger partial charge on any atom is 0.0172 e. The Morgan fingerprint density at radius 1 is 1.44 bits per heavy atom. The number of allylic oxidation sites excluding steroid dienone is 1. The van der Waals surface area contributed by atoms with Crippen LogP contribution in [0.5, 0.6) is 0 Å². The monoisotopic (exact) mass is 125 g/mol. The predicted octanol–water partition coefficient (Wildman–Crippen LogP) is 2.01. The number of nitrogens with zero attached hydrogens (tertiary/aromatic N) is 1. The summed E-state index contributed by atoms with van der Waals surface area (Å²) in [7, 11) is 0. The van der Waals surface area contributed by atoms with Gasteiger partial charge >= 0.3 is 0 Å². The molecule has 0 fully saturated rings. The van der Waals surface area contributed by atoms with Crippen molar-refractivity contribution in [2.75, 3.05) is 13.1 Å². The van der Waals surface area contributed by atoms with Crippen molar-refractivity contribution < 1.29 is 0 Å². The summed E-state index contributed by atoms with van der Waals surface area (Å²) in [5.41, 5.74) is 0. The van der Waals surface area contributed by atoms with E-state index >= 15 is 0 Å². The summed E-state index contributed by atoms with van der Waals surface area (Å²) in [4.78, 5) is 2.37. The molecular formula is C8H15N. The second-order valence-corrected chi connectivity index (χ2v) is 2.51. The van der Waals surface area contributed by atoms with Gasteiger partial charge < -0.3 is 4.90 Å². The van der Waals surface area contributed by atoms with Gasteiger partial charge in [-0.2, -0.15) is 0 Å². The quantitative estimate of drug-likeness (QED) is 0.518. The average Bonchev–Trinajstić information content (AvgIpc) is 2.13. The lowest BCUT2D eigenvalue weighted by molar-refractivity contribution is 0.393. The first kappa shape index (κ1) is 6.66. The van der Waals surface area contributed by atoms with E-state index < -0.39 is 0 Å². The molecule has 0 radical (unpaired) electrons. The highest BCUT2D eigenvalue weighted by atomic mass is 15.1. The van der Waals surface area contributed by atoms with Gasteiger partial charge in [0.15, 0.2) is 0 Å². The van der Waals surface area contributed by atoms with Gasteiger partial charge in [-0.15, -0.1) is 0 Å². The van der Waals surface area contributed by atoms with E-state index in [1.165, 1.54) is 25.8 Å². The van der Waals surface area contributed by atoms with Crippen LogP contribution in [0.1, 0.15) is 26.2 Å². The third-order valence-corrected chi connectivity index (χ3v) is 1.79. The van der Waals surface area contributed by atoms with Crippen LogP contribution in [0.2, 0.25) is 0 Å². The third kappa shape index (κ3) is 2.08. The number of rotatable bonds is 1. The largest absolute Gasteiger partial charge is 0.378 e. The van der Waals surface area contributed by atoms with Gasteiger partial charge in [0.05, 0.1) is 0 Å². The van der Waals surface area contributed by atoms with Gasteiger partial charge in [0.25, 0.3) is 0 Å². The molecule has 1 aliphatic heterocycles. The van der Waals surface area contributed by atoms with Crippen molar-refractivity contribution in [3.63, 3.8) is 0 Å². The Balaban J connectivity index is 2.33. The van der Waals surface area contributed by atoms with Crippen LogP contribution in [0.15, 0.2) is 12.3 Å². The maximum absolute atomic E-state index is 2.37. The van der Waals surface area contributed by atoms with Gasteiger partial charge in [-0.05, 0) is 32.4 Å². The molecule has 0 atom stereocenters. The molecule has 1 heteroatoms. The zero-order valence-electron chi connectivity index (χ0n) is 6.14. The molecule has 0 unspecified atom stereocenters. The Bertz CT molecular complexity index is 96.7. The second-order valence-electron chi connectivity index (χ2n) is 2.51. The van der Waals surface area contributed by atoms with Crippen LogP contribution in [-0.4, -0.2) is 18.0 Å². The molecule has 0 bridgehead atoms. The Morgan fingerprint density at radius 3 is 3.11 bits per heavy atom. The molecule has 0 amide bonds. The van der Waals surface area contributed by atoms with Crippen molar-refractivity contribution >= 4 is 0 Å². The summed E-state index contributed by atoms with van der Waals surface area (Å²) in [6.07, 6.45) is 8.51. The van der Waals surface area contributed by atoms with E-state index in [1.54, 1.807) is 0 Å². The molecule has 0 aromatic carbocycles. The fourth-order valence-electron chi connectivity index (χ4n) is 1.14. The fourth-order valence-corrected chi connectivity index (χ4v) is 1.14. The highest BCUT2D eigenvalue weighted by Crippen LogP contribution is 2.05. The normalized spacial score (nSPS) is 19.9. The van der Waals surface area contributed by atoms with Gasteiger partial charge in [-0.1, -0.05) is 6.08 Å². The lowest BCUT2D eigenvalue weighted by Gasteiger charge is -2.14. The maximum atomic E-state index is 2.37. The summed E-state index contributed by atoms with van der Waals surface area (Å²) in [5, 5.41) is 0.